The minimum Gasteiger partial charge on any atom is -0.340 e. The Balaban J connectivity index is 1.48. The number of aryl methyl sites for hydroxylation is 1. The van der Waals surface area contributed by atoms with Crippen LogP contribution in [0.25, 0.3) is 0 Å². The Morgan fingerprint density at radius 3 is 2.29 bits per heavy atom. The fourth-order valence-electron chi connectivity index (χ4n) is 4.68. The van der Waals surface area contributed by atoms with Crippen LogP contribution in [0.3, 0.4) is 0 Å². The molecule has 1 fully saturated rings. The summed E-state index contributed by atoms with van der Waals surface area (Å²) in [6.45, 7) is 5.02. The van der Waals surface area contributed by atoms with Crippen molar-refractivity contribution in [2.45, 2.75) is 38.8 Å². The quantitative estimate of drug-likeness (QED) is 0.434. The topological polar surface area (TPSA) is 69.7 Å². The van der Waals surface area contributed by atoms with Crippen molar-refractivity contribution in [3.8, 4) is 0 Å². The summed E-state index contributed by atoms with van der Waals surface area (Å²) in [7, 11) is 0. The van der Waals surface area contributed by atoms with E-state index < -0.39 is 6.04 Å². The molecule has 0 radical (unpaired) electrons. The number of amides is 3. The van der Waals surface area contributed by atoms with Crippen LogP contribution in [-0.4, -0.2) is 59.2 Å². The van der Waals surface area contributed by atoms with Crippen molar-refractivity contribution in [1.82, 2.24) is 15.1 Å². The van der Waals surface area contributed by atoms with E-state index in [2.05, 4.69) is 12.2 Å². The maximum atomic E-state index is 13.7. The number of nitrogens with one attached hydrogen (secondary N) is 1. The van der Waals surface area contributed by atoms with Gasteiger partial charge in [0.05, 0.1) is 10.6 Å². The molecular formula is C30H31Cl2N3O3. The monoisotopic (exact) mass is 551 g/mol. The molecule has 0 aromatic heterocycles. The highest BCUT2D eigenvalue weighted by atomic mass is 35.5. The van der Waals surface area contributed by atoms with Gasteiger partial charge in [-0.1, -0.05) is 72.6 Å². The van der Waals surface area contributed by atoms with Gasteiger partial charge in [-0.3, -0.25) is 14.4 Å². The van der Waals surface area contributed by atoms with Gasteiger partial charge in [-0.25, -0.2) is 0 Å². The van der Waals surface area contributed by atoms with Gasteiger partial charge < -0.3 is 15.1 Å². The van der Waals surface area contributed by atoms with Crippen LogP contribution in [0.4, 0.5) is 0 Å². The molecule has 0 saturated carbocycles. The summed E-state index contributed by atoms with van der Waals surface area (Å²) in [5.41, 5.74) is 2.98. The standard InChI is InChI=1S/C30H31Cl2N3O3/c1-3-21-9-11-23(12-10-21)28(36)33-27(17-22-7-5-4-6-8-22)30(38)34-15-16-35(20(2)19-34)29(37)25-14-13-24(31)18-26(25)32/h4-14,18,20,27H,3,15-17,19H2,1-2H3,(H,33,36). The lowest BCUT2D eigenvalue weighted by atomic mass is 10.0. The number of piperazine rings is 1. The van der Waals surface area contributed by atoms with E-state index in [-0.39, 0.29) is 23.8 Å². The first-order valence-electron chi connectivity index (χ1n) is 12.7. The third-order valence-corrected chi connectivity index (χ3v) is 7.42. The normalized spacial score (nSPS) is 16.2. The predicted molar refractivity (Wildman–Crippen MR) is 151 cm³/mol. The maximum Gasteiger partial charge on any atom is 0.255 e. The van der Waals surface area contributed by atoms with Crippen molar-refractivity contribution in [2.24, 2.45) is 0 Å². The molecular weight excluding hydrogens is 521 g/mol. The second-order valence-electron chi connectivity index (χ2n) is 9.52. The third-order valence-electron chi connectivity index (χ3n) is 6.87. The van der Waals surface area contributed by atoms with Crippen molar-refractivity contribution < 1.29 is 14.4 Å². The number of benzene rings is 3. The first kappa shape index (κ1) is 27.7. The van der Waals surface area contributed by atoms with E-state index >= 15 is 0 Å². The van der Waals surface area contributed by atoms with Gasteiger partial charge >= 0.3 is 0 Å². The number of hydrogen-bond donors (Lipinski definition) is 1. The molecule has 0 bridgehead atoms. The molecule has 2 atom stereocenters. The molecule has 1 aliphatic rings. The van der Waals surface area contributed by atoms with Gasteiger partial charge in [-0.15, -0.1) is 0 Å². The average molecular weight is 553 g/mol. The average Bonchev–Trinajstić information content (AvgIpc) is 2.92. The Kier molecular flexibility index (Phi) is 9.08. The van der Waals surface area contributed by atoms with E-state index in [1.807, 2.05) is 49.4 Å². The van der Waals surface area contributed by atoms with Gasteiger partial charge in [-0.2, -0.15) is 0 Å². The van der Waals surface area contributed by atoms with Crippen molar-refractivity contribution in [3.05, 3.63) is 105 Å². The third kappa shape index (κ3) is 6.55. The van der Waals surface area contributed by atoms with Crippen LogP contribution in [0.15, 0.2) is 72.8 Å². The van der Waals surface area contributed by atoms with Gasteiger partial charge in [0.15, 0.2) is 0 Å². The van der Waals surface area contributed by atoms with Crippen molar-refractivity contribution in [3.63, 3.8) is 0 Å². The SMILES string of the molecule is CCc1ccc(C(=O)NC(Cc2ccccc2)C(=O)N2CCN(C(=O)c3ccc(Cl)cc3Cl)C(C)C2)cc1. The van der Waals surface area contributed by atoms with Gasteiger partial charge in [-0.05, 0) is 54.8 Å². The van der Waals surface area contributed by atoms with Crippen LogP contribution in [-0.2, 0) is 17.6 Å². The fourth-order valence-corrected chi connectivity index (χ4v) is 5.17. The summed E-state index contributed by atoms with van der Waals surface area (Å²) in [4.78, 5) is 43.4. The zero-order valence-electron chi connectivity index (χ0n) is 21.5. The highest BCUT2D eigenvalue weighted by Gasteiger charge is 2.34. The van der Waals surface area contributed by atoms with Gasteiger partial charge in [0.25, 0.3) is 11.8 Å². The van der Waals surface area contributed by atoms with Crippen molar-refractivity contribution >= 4 is 40.9 Å². The molecule has 3 aromatic carbocycles. The second-order valence-corrected chi connectivity index (χ2v) is 10.4. The largest absolute Gasteiger partial charge is 0.340 e. The Hall–Kier alpha value is -3.35. The first-order chi connectivity index (χ1) is 18.3. The lowest BCUT2D eigenvalue weighted by molar-refractivity contribution is -0.135. The summed E-state index contributed by atoms with van der Waals surface area (Å²) in [5.74, 6) is -0.659. The summed E-state index contributed by atoms with van der Waals surface area (Å²) in [5, 5.41) is 3.72. The number of rotatable bonds is 7. The fraction of sp³-hybridized carbons (Fsp3) is 0.300. The van der Waals surface area contributed by atoms with E-state index in [1.165, 1.54) is 0 Å². The molecule has 1 N–H and O–H groups in total. The molecule has 198 valence electrons. The van der Waals surface area contributed by atoms with E-state index in [0.717, 1.165) is 17.5 Å². The highest BCUT2D eigenvalue weighted by molar-refractivity contribution is 6.36. The minimum absolute atomic E-state index is 0.171. The van der Waals surface area contributed by atoms with E-state index in [1.54, 1.807) is 40.1 Å². The summed E-state index contributed by atoms with van der Waals surface area (Å²) >= 11 is 12.3. The van der Waals surface area contributed by atoms with Crippen LogP contribution >= 0.6 is 23.2 Å². The zero-order valence-corrected chi connectivity index (χ0v) is 23.0. The van der Waals surface area contributed by atoms with E-state index in [9.17, 15) is 14.4 Å². The maximum absolute atomic E-state index is 13.7. The zero-order chi connectivity index (χ0) is 27.2. The highest BCUT2D eigenvalue weighted by Crippen LogP contribution is 2.24. The molecule has 0 spiro atoms. The summed E-state index contributed by atoms with van der Waals surface area (Å²) in [6.07, 6.45) is 1.25. The Labute approximate surface area is 233 Å². The number of hydrogen-bond acceptors (Lipinski definition) is 3. The first-order valence-corrected chi connectivity index (χ1v) is 13.5. The molecule has 0 aliphatic carbocycles. The van der Waals surface area contributed by atoms with Gasteiger partial charge in [0, 0.05) is 42.7 Å². The molecule has 3 amide bonds. The Morgan fingerprint density at radius 2 is 1.66 bits per heavy atom. The van der Waals surface area contributed by atoms with E-state index in [4.69, 9.17) is 23.2 Å². The molecule has 2 unspecified atom stereocenters. The predicted octanol–water partition coefficient (Wildman–Crippen LogP) is 5.27. The molecule has 3 aromatic rings. The van der Waals surface area contributed by atoms with Crippen LogP contribution in [0.5, 0.6) is 0 Å². The molecule has 1 heterocycles. The van der Waals surface area contributed by atoms with Crippen molar-refractivity contribution in [1.29, 1.82) is 0 Å². The minimum atomic E-state index is -0.740. The number of carbonyl (C=O) groups is 3. The number of halogens is 2. The molecule has 8 heteroatoms. The summed E-state index contributed by atoms with van der Waals surface area (Å²) in [6, 6.07) is 20.9. The molecule has 1 saturated heterocycles. The molecule has 6 nitrogen and oxygen atoms in total. The number of carbonyl (C=O) groups excluding carboxylic acids is 3. The molecule has 4 rings (SSSR count). The lowest BCUT2D eigenvalue weighted by Gasteiger charge is -2.41. The lowest BCUT2D eigenvalue weighted by Crippen LogP contribution is -2.59. The van der Waals surface area contributed by atoms with Crippen LogP contribution in [0.2, 0.25) is 10.0 Å². The Morgan fingerprint density at radius 1 is 0.947 bits per heavy atom. The molecule has 1 aliphatic heterocycles. The van der Waals surface area contributed by atoms with Gasteiger partial charge in [0.2, 0.25) is 5.91 Å². The van der Waals surface area contributed by atoms with Crippen LogP contribution in [0, 0.1) is 0 Å². The van der Waals surface area contributed by atoms with Crippen LogP contribution in [0.1, 0.15) is 45.7 Å². The Bertz CT molecular complexity index is 1300. The van der Waals surface area contributed by atoms with E-state index in [0.29, 0.717) is 47.2 Å². The van der Waals surface area contributed by atoms with Crippen LogP contribution < -0.4 is 5.32 Å². The van der Waals surface area contributed by atoms with Crippen molar-refractivity contribution in [2.75, 3.05) is 19.6 Å². The number of nitrogens with zero attached hydrogens (tertiary/aromatic N) is 2. The molecule has 38 heavy (non-hydrogen) atoms. The second kappa shape index (κ2) is 12.5. The smallest absolute Gasteiger partial charge is 0.255 e. The van der Waals surface area contributed by atoms with Gasteiger partial charge in [0.1, 0.15) is 6.04 Å². The summed E-state index contributed by atoms with van der Waals surface area (Å²) < 4.78 is 0.